The van der Waals surface area contributed by atoms with Crippen molar-refractivity contribution in [1.82, 2.24) is 16.0 Å². The van der Waals surface area contributed by atoms with Crippen LogP contribution in [0.15, 0.2) is 0 Å². The van der Waals surface area contributed by atoms with Crippen LogP contribution in [0.2, 0.25) is 0 Å². The van der Waals surface area contributed by atoms with Gasteiger partial charge in [0.1, 0.15) is 18.1 Å². The Labute approximate surface area is 204 Å². The number of carbonyl (C=O) groups excluding carboxylic acids is 3. The Hall–Kier alpha value is -3.22. The summed E-state index contributed by atoms with van der Waals surface area (Å²) in [5.74, 6) is -6.37. The third kappa shape index (κ3) is 12.7. The van der Waals surface area contributed by atoms with E-state index in [4.69, 9.17) is 15.9 Å². The van der Waals surface area contributed by atoms with E-state index < -0.39 is 66.2 Å². The van der Waals surface area contributed by atoms with Gasteiger partial charge in [-0.15, -0.1) is 0 Å². The molecule has 35 heavy (non-hydrogen) atoms. The van der Waals surface area contributed by atoms with Crippen molar-refractivity contribution in [3.63, 3.8) is 0 Å². The molecule has 13 nitrogen and oxygen atoms in total. The number of carboxylic acids is 3. The van der Waals surface area contributed by atoms with Crippen molar-refractivity contribution in [2.24, 2.45) is 17.6 Å². The quantitative estimate of drug-likeness (QED) is 0.137. The standard InChI is InChI=1S/C22H38N4O9/c1-5-12(4)18(26-19(31)13(23)6-8-16(27)28)21(33)25-15(10-11(2)3)20(32)24-14(22(34)35)7-9-17(29)30/h11-15,18H,5-10,23H2,1-4H3,(H,24,32)(H,25,33)(H,26,31)(H,27,28)(H,29,30)(H,34,35). The fourth-order valence-electron chi connectivity index (χ4n) is 3.13. The van der Waals surface area contributed by atoms with E-state index in [2.05, 4.69) is 16.0 Å². The average molecular weight is 503 g/mol. The molecule has 13 heteroatoms. The van der Waals surface area contributed by atoms with Gasteiger partial charge in [-0.05, 0) is 31.1 Å². The number of rotatable bonds is 17. The van der Waals surface area contributed by atoms with E-state index in [0.29, 0.717) is 6.42 Å². The smallest absolute Gasteiger partial charge is 0.326 e. The summed E-state index contributed by atoms with van der Waals surface area (Å²) in [6.45, 7) is 7.08. The molecule has 0 heterocycles. The molecule has 5 unspecified atom stereocenters. The second-order valence-electron chi connectivity index (χ2n) is 8.93. The van der Waals surface area contributed by atoms with Gasteiger partial charge in [-0.1, -0.05) is 34.1 Å². The lowest BCUT2D eigenvalue weighted by atomic mass is 9.96. The normalized spacial score (nSPS) is 15.3. The summed E-state index contributed by atoms with van der Waals surface area (Å²) in [7, 11) is 0. The molecule has 200 valence electrons. The van der Waals surface area contributed by atoms with Crippen molar-refractivity contribution in [2.75, 3.05) is 0 Å². The van der Waals surface area contributed by atoms with Crippen molar-refractivity contribution in [1.29, 1.82) is 0 Å². The van der Waals surface area contributed by atoms with E-state index in [1.165, 1.54) is 0 Å². The highest BCUT2D eigenvalue weighted by Gasteiger charge is 2.33. The molecule has 0 aromatic heterocycles. The van der Waals surface area contributed by atoms with E-state index >= 15 is 0 Å². The fraction of sp³-hybridized carbons (Fsp3) is 0.727. The van der Waals surface area contributed by atoms with Gasteiger partial charge in [0, 0.05) is 12.8 Å². The molecule has 3 amide bonds. The molecule has 8 N–H and O–H groups in total. The second kappa shape index (κ2) is 15.6. The predicted octanol–water partition coefficient (Wildman–Crippen LogP) is -0.325. The molecule has 0 aliphatic heterocycles. The topological polar surface area (TPSA) is 225 Å². The summed E-state index contributed by atoms with van der Waals surface area (Å²) in [6, 6.07) is -4.82. The molecule has 0 radical (unpaired) electrons. The average Bonchev–Trinajstić information content (AvgIpc) is 2.76. The van der Waals surface area contributed by atoms with Crippen LogP contribution in [0.3, 0.4) is 0 Å². The summed E-state index contributed by atoms with van der Waals surface area (Å²) in [4.78, 5) is 71.3. The molecule has 5 atom stereocenters. The molecule has 0 bridgehead atoms. The van der Waals surface area contributed by atoms with Crippen molar-refractivity contribution < 1.29 is 44.1 Å². The van der Waals surface area contributed by atoms with Crippen LogP contribution >= 0.6 is 0 Å². The zero-order valence-corrected chi connectivity index (χ0v) is 20.6. The van der Waals surface area contributed by atoms with Gasteiger partial charge >= 0.3 is 17.9 Å². The first-order valence-corrected chi connectivity index (χ1v) is 11.5. The number of hydrogen-bond donors (Lipinski definition) is 7. The first-order chi connectivity index (χ1) is 16.2. The van der Waals surface area contributed by atoms with Gasteiger partial charge in [-0.3, -0.25) is 24.0 Å². The van der Waals surface area contributed by atoms with Crippen molar-refractivity contribution in [2.45, 2.75) is 90.4 Å². The molecule has 0 saturated carbocycles. The number of nitrogens with two attached hydrogens (primary N) is 1. The molecular formula is C22H38N4O9. The lowest BCUT2D eigenvalue weighted by molar-refractivity contribution is -0.143. The maximum absolute atomic E-state index is 13.1. The Kier molecular flexibility index (Phi) is 14.2. The highest BCUT2D eigenvalue weighted by molar-refractivity contribution is 5.94. The fourth-order valence-corrected chi connectivity index (χ4v) is 3.13. The van der Waals surface area contributed by atoms with Crippen molar-refractivity contribution in [3.05, 3.63) is 0 Å². The number of carboxylic acid groups (broad SMARTS) is 3. The van der Waals surface area contributed by atoms with Gasteiger partial charge in [0.15, 0.2) is 0 Å². The predicted molar refractivity (Wildman–Crippen MR) is 124 cm³/mol. The maximum Gasteiger partial charge on any atom is 0.326 e. The Bertz CT molecular complexity index is 772. The van der Waals surface area contributed by atoms with Crippen LogP contribution in [0.4, 0.5) is 0 Å². The SMILES string of the molecule is CCC(C)C(NC(=O)C(N)CCC(=O)O)C(=O)NC(CC(C)C)C(=O)NC(CCC(=O)O)C(=O)O. The number of aliphatic carboxylic acids is 3. The minimum Gasteiger partial charge on any atom is -0.481 e. The van der Waals surface area contributed by atoms with Crippen LogP contribution in [-0.2, 0) is 28.8 Å². The largest absolute Gasteiger partial charge is 0.481 e. The lowest BCUT2D eigenvalue weighted by Gasteiger charge is -2.28. The summed E-state index contributed by atoms with van der Waals surface area (Å²) < 4.78 is 0. The third-order valence-electron chi connectivity index (χ3n) is 5.40. The van der Waals surface area contributed by atoms with E-state index in [-0.39, 0.29) is 37.5 Å². The van der Waals surface area contributed by atoms with Crippen LogP contribution in [0.5, 0.6) is 0 Å². The van der Waals surface area contributed by atoms with Gasteiger partial charge in [-0.2, -0.15) is 0 Å². The summed E-state index contributed by atoms with van der Waals surface area (Å²) in [6.07, 6.45) is -0.608. The second-order valence-corrected chi connectivity index (χ2v) is 8.93. The van der Waals surface area contributed by atoms with Gasteiger partial charge in [0.2, 0.25) is 17.7 Å². The Morgan fingerprint density at radius 2 is 1.26 bits per heavy atom. The number of amides is 3. The van der Waals surface area contributed by atoms with Crippen molar-refractivity contribution in [3.8, 4) is 0 Å². The monoisotopic (exact) mass is 502 g/mol. The number of nitrogens with one attached hydrogen (secondary N) is 3. The summed E-state index contributed by atoms with van der Waals surface area (Å²) in [5, 5.41) is 34.2. The van der Waals surface area contributed by atoms with Crippen LogP contribution in [-0.4, -0.2) is 75.1 Å². The molecule has 0 aliphatic carbocycles. The van der Waals surface area contributed by atoms with Crippen molar-refractivity contribution >= 4 is 35.6 Å². The van der Waals surface area contributed by atoms with Gasteiger partial charge in [-0.25, -0.2) is 4.79 Å². The van der Waals surface area contributed by atoms with Crippen LogP contribution in [0.1, 0.15) is 66.2 Å². The minimum atomic E-state index is -1.46. The molecule has 0 rings (SSSR count). The molecule has 0 aromatic carbocycles. The van der Waals surface area contributed by atoms with E-state index in [1.807, 2.05) is 0 Å². The van der Waals surface area contributed by atoms with E-state index in [9.17, 15) is 33.9 Å². The Morgan fingerprint density at radius 3 is 1.71 bits per heavy atom. The first-order valence-electron chi connectivity index (χ1n) is 11.5. The maximum atomic E-state index is 13.1. The molecule has 0 aliphatic rings. The Morgan fingerprint density at radius 1 is 0.743 bits per heavy atom. The number of carbonyl (C=O) groups is 6. The minimum absolute atomic E-state index is 0.0746. The first kappa shape index (κ1) is 31.8. The molecule has 0 fully saturated rings. The molecule has 0 spiro atoms. The molecule has 0 aromatic rings. The zero-order valence-electron chi connectivity index (χ0n) is 20.6. The van der Waals surface area contributed by atoms with E-state index in [0.717, 1.165) is 0 Å². The molecular weight excluding hydrogens is 464 g/mol. The van der Waals surface area contributed by atoms with Gasteiger partial charge < -0.3 is 37.0 Å². The number of hydrogen-bond acceptors (Lipinski definition) is 7. The van der Waals surface area contributed by atoms with Gasteiger partial charge in [0.05, 0.1) is 6.04 Å². The van der Waals surface area contributed by atoms with Gasteiger partial charge in [0.25, 0.3) is 0 Å². The highest BCUT2D eigenvalue weighted by atomic mass is 16.4. The summed E-state index contributed by atoms with van der Waals surface area (Å²) in [5.41, 5.74) is 5.74. The molecule has 0 saturated heterocycles. The third-order valence-corrected chi connectivity index (χ3v) is 5.40. The lowest BCUT2D eigenvalue weighted by Crippen LogP contribution is -2.58. The Balaban J connectivity index is 5.54. The summed E-state index contributed by atoms with van der Waals surface area (Å²) >= 11 is 0. The zero-order chi connectivity index (χ0) is 27.3. The van der Waals surface area contributed by atoms with Crippen LogP contribution in [0, 0.1) is 11.8 Å². The highest BCUT2D eigenvalue weighted by Crippen LogP contribution is 2.12. The van der Waals surface area contributed by atoms with Crippen LogP contribution < -0.4 is 21.7 Å². The van der Waals surface area contributed by atoms with E-state index in [1.54, 1.807) is 27.7 Å². The van der Waals surface area contributed by atoms with Crippen LogP contribution in [0.25, 0.3) is 0 Å².